The molecule has 1 fully saturated rings. The Hall–Kier alpha value is -2.44. The number of aliphatic hydroxyl groups is 1. The SMILES string of the molecule is COC1C(c2cc(C)c(O)cc2O)C(O)C1c1cc(C)c(O)cc1O. The number of hydrogen-bond acceptors (Lipinski definition) is 6. The molecule has 0 heterocycles. The first-order valence-electron chi connectivity index (χ1n) is 8.02. The van der Waals surface area contributed by atoms with Crippen LogP contribution in [0.4, 0.5) is 0 Å². The van der Waals surface area contributed by atoms with Crippen LogP contribution in [0.5, 0.6) is 23.0 Å². The molecule has 6 nitrogen and oxygen atoms in total. The van der Waals surface area contributed by atoms with Gasteiger partial charge in [-0.25, -0.2) is 0 Å². The van der Waals surface area contributed by atoms with E-state index >= 15 is 0 Å². The summed E-state index contributed by atoms with van der Waals surface area (Å²) < 4.78 is 5.53. The molecule has 1 aliphatic rings. The lowest BCUT2D eigenvalue weighted by Crippen LogP contribution is -2.52. The summed E-state index contributed by atoms with van der Waals surface area (Å²) in [6, 6.07) is 5.75. The van der Waals surface area contributed by atoms with Crippen LogP contribution in [-0.2, 0) is 4.74 Å². The first kappa shape index (κ1) is 17.4. The summed E-state index contributed by atoms with van der Waals surface area (Å²) in [6.07, 6.45) is -1.37. The van der Waals surface area contributed by atoms with Crippen molar-refractivity contribution in [2.45, 2.75) is 37.9 Å². The van der Waals surface area contributed by atoms with Crippen molar-refractivity contribution in [3.63, 3.8) is 0 Å². The number of ether oxygens (including phenoxy) is 1. The minimum atomic E-state index is -0.894. The second-order valence-corrected chi connectivity index (χ2v) is 6.64. The summed E-state index contributed by atoms with van der Waals surface area (Å²) in [5, 5.41) is 50.4. The Morgan fingerprint density at radius 1 is 0.720 bits per heavy atom. The third-order valence-electron chi connectivity index (χ3n) is 5.12. The largest absolute Gasteiger partial charge is 0.508 e. The van der Waals surface area contributed by atoms with Crippen LogP contribution in [0.2, 0.25) is 0 Å². The van der Waals surface area contributed by atoms with Crippen molar-refractivity contribution >= 4 is 0 Å². The van der Waals surface area contributed by atoms with Gasteiger partial charge in [-0.2, -0.15) is 0 Å². The van der Waals surface area contributed by atoms with E-state index in [2.05, 4.69) is 0 Å². The van der Waals surface area contributed by atoms with Gasteiger partial charge in [-0.05, 0) is 37.1 Å². The van der Waals surface area contributed by atoms with Crippen molar-refractivity contribution in [1.82, 2.24) is 0 Å². The zero-order valence-electron chi connectivity index (χ0n) is 14.3. The van der Waals surface area contributed by atoms with Crippen molar-refractivity contribution in [3.8, 4) is 23.0 Å². The van der Waals surface area contributed by atoms with Crippen LogP contribution in [-0.4, -0.2) is 44.9 Å². The lowest BCUT2D eigenvalue weighted by atomic mass is 9.62. The monoisotopic (exact) mass is 346 g/mol. The van der Waals surface area contributed by atoms with Crippen LogP contribution >= 0.6 is 0 Å². The molecule has 5 N–H and O–H groups in total. The molecule has 0 bridgehead atoms. The van der Waals surface area contributed by atoms with Gasteiger partial charge >= 0.3 is 0 Å². The van der Waals surface area contributed by atoms with Gasteiger partial charge < -0.3 is 30.3 Å². The van der Waals surface area contributed by atoms with Gasteiger partial charge in [0, 0.05) is 42.2 Å². The number of aryl methyl sites for hydroxylation is 2. The molecule has 0 radical (unpaired) electrons. The molecular weight excluding hydrogens is 324 g/mol. The van der Waals surface area contributed by atoms with Crippen LogP contribution in [0.25, 0.3) is 0 Å². The second-order valence-electron chi connectivity index (χ2n) is 6.64. The van der Waals surface area contributed by atoms with E-state index in [0.717, 1.165) is 0 Å². The van der Waals surface area contributed by atoms with E-state index in [1.165, 1.54) is 19.2 Å². The normalized spacial score (nSPS) is 25.6. The number of aromatic hydroxyl groups is 4. The molecule has 0 amide bonds. The van der Waals surface area contributed by atoms with E-state index in [0.29, 0.717) is 22.3 Å². The van der Waals surface area contributed by atoms with E-state index < -0.39 is 24.0 Å². The summed E-state index contributed by atoms with van der Waals surface area (Å²) in [5.41, 5.74) is 2.14. The molecule has 25 heavy (non-hydrogen) atoms. The van der Waals surface area contributed by atoms with Crippen molar-refractivity contribution in [3.05, 3.63) is 46.5 Å². The third kappa shape index (κ3) is 2.67. The number of aliphatic hydroxyl groups excluding tert-OH is 1. The fourth-order valence-electron chi connectivity index (χ4n) is 3.65. The highest BCUT2D eigenvalue weighted by Crippen LogP contribution is 2.54. The molecule has 0 aliphatic heterocycles. The maximum Gasteiger partial charge on any atom is 0.122 e. The molecule has 2 unspecified atom stereocenters. The average Bonchev–Trinajstić information content (AvgIpc) is 2.54. The number of phenolic OH excluding ortho intramolecular Hbond substituents is 4. The molecule has 0 saturated heterocycles. The van der Waals surface area contributed by atoms with Gasteiger partial charge in [0.05, 0.1) is 12.2 Å². The Balaban J connectivity index is 2.00. The van der Waals surface area contributed by atoms with Gasteiger partial charge in [0.15, 0.2) is 0 Å². The zero-order valence-corrected chi connectivity index (χ0v) is 14.3. The van der Waals surface area contributed by atoms with Gasteiger partial charge in [0.2, 0.25) is 0 Å². The van der Waals surface area contributed by atoms with E-state index in [4.69, 9.17) is 4.74 Å². The van der Waals surface area contributed by atoms with E-state index in [1.54, 1.807) is 26.0 Å². The van der Waals surface area contributed by atoms with Gasteiger partial charge in [-0.1, -0.05) is 0 Å². The molecule has 0 spiro atoms. The number of benzene rings is 2. The van der Waals surface area contributed by atoms with Crippen LogP contribution in [0.15, 0.2) is 24.3 Å². The van der Waals surface area contributed by atoms with Gasteiger partial charge in [0.1, 0.15) is 23.0 Å². The third-order valence-corrected chi connectivity index (χ3v) is 5.12. The van der Waals surface area contributed by atoms with Gasteiger partial charge in [0.25, 0.3) is 0 Å². The molecule has 2 aromatic carbocycles. The molecule has 2 atom stereocenters. The highest BCUT2D eigenvalue weighted by atomic mass is 16.5. The Morgan fingerprint density at radius 2 is 1.12 bits per heavy atom. The Kier molecular flexibility index (Phi) is 4.26. The minimum Gasteiger partial charge on any atom is -0.508 e. The summed E-state index contributed by atoms with van der Waals surface area (Å²) in [4.78, 5) is 0. The standard InChI is InChI=1S/C19H22O6/c1-8-4-10(14(22)6-12(8)20)16-18(24)17(19(16)25-3)11-5-9(2)13(21)7-15(11)23/h4-7,16-24H,1-3H3. The topological polar surface area (TPSA) is 110 Å². The summed E-state index contributed by atoms with van der Waals surface area (Å²) in [6.45, 7) is 3.41. The Bertz CT molecular complexity index is 751. The summed E-state index contributed by atoms with van der Waals surface area (Å²) in [7, 11) is 1.51. The maximum absolute atomic E-state index is 10.7. The quantitative estimate of drug-likeness (QED) is 0.584. The highest BCUT2D eigenvalue weighted by Gasteiger charge is 2.53. The fourth-order valence-corrected chi connectivity index (χ4v) is 3.65. The fraction of sp³-hybridized carbons (Fsp3) is 0.368. The molecule has 0 aromatic heterocycles. The Labute approximate surface area is 145 Å². The van der Waals surface area contributed by atoms with Crippen LogP contribution < -0.4 is 0 Å². The van der Waals surface area contributed by atoms with Crippen molar-refractivity contribution in [2.75, 3.05) is 7.11 Å². The minimum absolute atomic E-state index is 0.0209. The van der Waals surface area contributed by atoms with Crippen LogP contribution in [0, 0.1) is 13.8 Å². The van der Waals surface area contributed by atoms with Crippen molar-refractivity contribution in [2.24, 2.45) is 0 Å². The first-order valence-corrected chi connectivity index (χ1v) is 8.02. The number of methoxy groups -OCH3 is 1. The first-order chi connectivity index (χ1) is 11.8. The lowest BCUT2D eigenvalue weighted by Gasteiger charge is -2.49. The lowest BCUT2D eigenvalue weighted by molar-refractivity contribution is -0.0997. The number of rotatable bonds is 3. The predicted molar refractivity (Wildman–Crippen MR) is 91.3 cm³/mol. The van der Waals surface area contributed by atoms with Gasteiger partial charge in [-0.3, -0.25) is 0 Å². The smallest absolute Gasteiger partial charge is 0.122 e. The maximum atomic E-state index is 10.7. The van der Waals surface area contributed by atoms with E-state index in [-0.39, 0.29) is 23.0 Å². The van der Waals surface area contributed by atoms with E-state index in [9.17, 15) is 25.5 Å². The molecule has 1 saturated carbocycles. The molecule has 1 aliphatic carbocycles. The number of phenols is 4. The van der Waals surface area contributed by atoms with Crippen LogP contribution in [0.1, 0.15) is 34.1 Å². The summed E-state index contributed by atoms with van der Waals surface area (Å²) in [5.74, 6) is -1.26. The van der Waals surface area contributed by atoms with Crippen molar-refractivity contribution < 1.29 is 30.3 Å². The molecule has 3 rings (SSSR count). The second kappa shape index (κ2) is 6.13. The average molecular weight is 346 g/mol. The molecular formula is C19H22O6. The Morgan fingerprint density at radius 3 is 1.48 bits per heavy atom. The molecule has 134 valence electrons. The van der Waals surface area contributed by atoms with E-state index in [1.807, 2.05) is 0 Å². The van der Waals surface area contributed by atoms with Gasteiger partial charge in [-0.15, -0.1) is 0 Å². The number of hydrogen-bond donors (Lipinski definition) is 5. The highest BCUT2D eigenvalue weighted by molar-refractivity contribution is 5.52. The molecule has 6 heteroatoms. The predicted octanol–water partition coefficient (Wildman–Crippen LogP) is 2.38. The molecule has 2 aromatic rings. The zero-order chi connectivity index (χ0) is 18.5. The van der Waals surface area contributed by atoms with Crippen LogP contribution in [0.3, 0.4) is 0 Å². The summed E-state index contributed by atoms with van der Waals surface area (Å²) >= 11 is 0. The van der Waals surface area contributed by atoms with Crippen molar-refractivity contribution in [1.29, 1.82) is 0 Å².